The summed E-state index contributed by atoms with van der Waals surface area (Å²) in [6.45, 7) is 3.91. The molecule has 2 aromatic heterocycles. The third-order valence-electron chi connectivity index (χ3n) is 4.07. The first-order valence-corrected chi connectivity index (χ1v) is 9.59. The lowest BCUT2D eigenvalue weighted by Crippen LogP contribution is -2.41. The first kappa shape index (κ1) is 18.8. The summed E-state index contributed by atoms with van der Waals surface area (Å²) in [5.41, 5.74) is 0.955. The third kappa shape index (κ3) is 4.80. The van der Waals surface area contributed by atoms with Gasteiger partial charge in [0.25, 0.3) is 0 Å². The van der Waals surface area contributed by atoms with Crippen molar-refractivity contribution in [1.29, 1.82) is 0 Å². The Kier molecular flexibility index (Phi) is 6.98. The Morgan fingerprint density at radius 3 is 2.77 bits per heavy atom. The summed E-state index contributed by atoms with van der Waals surface area (Å²) >= 11 is 1.42. The van der Waals surface area contributed by atoms with E-state index in [4.69, 9.17) is 9.47 Å². The molecule has 3 heterocycles. The molecule has 0 bridgehead atoms. The van der Waals surface area contributed by atoms with Crippen LogP contribution in [0.5, 0.6) is 0 Å². The van der Waals surface area contributed by atoms with Crippen LogP contribution in [0, 0.1) is 0 Å². The van der Waals surface area contributed by atoms with Gasteiger partial charge < -0.3 is 18.9 Å². The molecule has 0 unspecified atom stereocenters. The van der Waals surface area contributed by atoms with Crippen molar-refractivity contribution in [3.05, 3.63) is 24.5 Å². The average Bonchev–Trinajstić information content (AvgIpc) is 3.10. The second-order valence-electron chi connectivity index (χ2n) is 5.82. The number of ether oxygens (including phenoxy) is 2. The van der Waals surface area contributed by atoms with E-state index in [9.17, 15) is 4.79 Å². The molecule has 140 valence electrons. The van der Waals surface area contributed by atoms with Crippen LogP contribution in [-0.2, 0) is 20.8 Å². The molecule has 9 heteroatoms. The molecule has 1 fully saturated rings. The van der Waals surface area contributed by atoms with Crippen molar-refractivity contribution in [3.8, 4) is 11.4 Å². The van der Waals surface area contributed by atoms with Crippen molar-refractivity contribution in [2.75, 3.05) is 45.8 Å². The van der Waals surface area contributed by atoms with E-state index in [1.165, 1.54) is 11.8 Å². The zero-order valence-electron chi connectivity index (χ0n) is 14.8. The highest BCUT2D eigenvalue weighted by atomic mass is 32.2. The minimum Gasteiger partial charge on any atom is -0.385 e. The first-order chi connectivity index (χ1) is 12.8. The number of hydrogen-bond donors (Lipinski definition) is 0. The quantitative estimate of drug-likeness (QED) is 0.507. The molecule has 0 radical (unpaired) electrons. The fraction of sp³-hybridized carbons (Fsp3) is 0.529. The van der Waals surface area contributed by atoms with Crippen LogP contribution >= 0.6 is 11.8 Å². The van der Waals surface area contributed by atoms with Gasteiger partial charge in [0, 0.05) is 51.3 Å². The van der Waals surface area contributed by atoms with Gasteiger partial charge in [-0.05, 0) is 18.6 Å². The molecule has 26 heavy (non-hydrogen) atoms. The van der Waals surface area contributed by atoms with Crippen LogP contribution in [0.4, 0.5) is 0 Å². The standard InChI is InChI=1S/C17H23N5O3S/c1-24-10-2-7-22-16(14-3-5-18-6-4-14)19-20-17(22)26-13-15(23)21-8-11-25-12-9-21/h3-6H,2,7-13H2,1H3. The highest BCUT2D eigenvalue weighted by Crippen LogP contribution is 2.24. The molecule has 0 aliphatic carbocycles. The second kappa shape index (κ2) is 9.65. The molecule has 0 atom stereocenters. The van der Waals surface area contributed by atoms with Crippen LogP contribution in [0.25, 0.3) is 11.4 Å². The number of carbonyl (C=O) groups excluding carboxylic acids is 1. The molecule has 1 aliphatic heterocycles. The van der Waals surface area contributed by atoms with E-state index in [1.54, 1.807) is 19.5 Å². The van der Waals surface area contributed by atoms with Crippen LogP contribution in [0.1, 0.15) is 6.42 Å². The second-order valence-corrected chi connectivity index (χ2v) is 6.76. The summed E-state index contributed by atoms with van der Waals surface area (Å²) < 4.78 is 12.5. The van der Waals surface area contributed by atoms with Gasteiger partial charge in [0.05, 0.1) is 19.0 Å². The molecule has 0 aromatic carbocycles. The van der Waals surface area contributed by atoms with Crippen LogP contribution in [-0.4, -0.2) is 76.3 Å². The van der Waals surface area contributed by atoms with Gasteiger partial charge in [-0.15, -0.1) is 10.2 Å². The van der Waals surface area contributed by atoms with E-state index in [0.29, 0.717) is 38.7 Å². The summed E-state index contributed by atoms with van der Waals surface area (Å²) in [5, 5.41) is 9.39. The molecule has 8 nitrogen and oxygen atoms in total. The molecule has 2 aromatic rings. The van der Waals surface area contributed by atoms with Crippen molar-refractivity contribution in [1.82, 2.24) is 24.6 Å². The number of morpholine rings is 1. The largest absolute Gasteiger partial charge is 0.385 e. The van der Waals surface area contributed by atoms with E-state index >= 15 is 0 Å². The van der Waals surface area contributed by atoms with E-state index < -0.39 is 0 Å². The summed E-state index contributed by atoms with van der Waals surface area (Å²) in [6, 6.07) is 3.81. The molecular formula is C17H23N5O3S. The smallest absolute Gasteiger partial charge is 0.233 e. The van der Waals surface area contributed by atoms with Crippen molar-refractivity contribution in [3.63, 3.8) is 0 Å². The Bertz CT molecular complexity index is 704. The van der Waals surface area contributed by atoms with Gasteiger partial charge in [0.15, 0.2) is 11.0 Å². The summed E-state index contributed by atoms with van der Waals surface area (Å²) in [4.78, 5) is 18.3. The van der Waals surface area contributed by atoms with Crippen molar-refractivity contribution in [2.24, 2.45) is 0 Å². The molecule has 1 saturated heterocycles. The zero-order valence-corrected chi connectivity index (χ0v) is 15.7. The summed E-state index contributed by atoms with van der Waals surface area (Å²) in [6.07, 6.45) is 4.31. The number of aromatic nitrogens is 4. The Labute approximate surface area is 156 Å². The fourth-order valence-corrected chi connectivity index (χ4v) is 3.58. The van der Waals surface area contributed by atoms with Crippen LogP contribution in [0.15, 0.2) is 29.7 Å². The molecular weight excluding hydrogens is 354 g/mol. The maximum Gasteiger partial charge on any atom is 0.233 e. The maximum absolute atomic E-state index is 12.4. The Morgan fingerprint density at radius 1 is 1.27 bits per heavy atom. The lowest BCUT2D eigenvalue weighted by atomic mass is 10.2. The number of rotatable bonds is 8. The minimum absolute atomic E-state index is 0.107. The number of hydrogen-bond acceptors (Lipinski definition) is 7. The van der Waals surface area contributed by atoms with Gasteiger partial charge in [0.1, 0.15) is 0 Å². The van der Waals surface area contributed by atoms with E-state index in [0.717, 1.165) is 29.5 Å². The predicted octanol–water partition coefficient (Wildman–Crippen LogP) is 1.33. The number of thioether (sulfide) groups is 1. The number of nitrogens with zero attached hydrogens (tertiary/aromatic N) is 5. The van der Waals surface area contributed by atoms with Gasteiger partial charge in [0.2, 0.25) is 5.91 Å². The average molecular weight is 377 g/mol. The SMILES string of the molecule is COCCCn1c(SCC(=O)N2CCOCC2)nnc1-c1ccncc1. The van der Waals surface area contributed by atoms with E-state index in [2.05, 4.69) is 15.2 Å². The Morgan fingerprint density at radius 2 is 2.04 bits per heavy atom. The van der Waals surface area contributed by atoms with Crippen LogP contribution in [0.3, 0.4) is 0 Å². The third-order valence-corrected chi connectivity index (χ3v) is 5.03. The Balaban J connectivity index is 1.71. The summed E-state index contributed by atoms with van der Waals surface area (Å²) in [7, 11) is 1.69. The van der Waals surface area contributed by atoms with Crippen LogP contribution in [0.2, 0.25) is 0 Å². The lowest BCUT2D eigenvalue weighted by Gasteiger charge is -2.26. The summed E-state index contributed by atoms with van der Waals surface area (Å²) in [5.74, 6) is 1.23. The van der Waals surface area contributed by atoms with E-state index in [-0.39, 0.29) is 5.91 Å². The van der Waals surface area contributed by atoms with Crippen molar-refractivity contribution in [2.45, 2.75) is 18.1 Å². The van der Waals surface area contributed by atoms with Gasteiger partial charge >= 0.3 is 0 Å². The van der Waals surface area contributed by atoms with Gasteiger partial charge in [-0.25, -0.2) is 0 Å². The fourth-order valence-electron chi connectivity index (χ4n) is 2.71. The monoisotopic (exact) mass is 377 g/mol. The number of methoxy groups -OCH3 is 1. The lowest BCUT2D eigenvalue weighted by molar-refractivity contribution is -0.132. The van der Waals surface area contributed by atoms with E-state index in [1.807, 2.05) is 21.6 Å². The molecule has 0 spiro atoms. The number of pyridine rings is 1. The maximum atomic E-state index is 12.4. The minimum atomic E-state index is 0.107. The Hall–Kier alpha value is -1.97. The first-order valence-electron chi connectivity index (χ1n) is 8.60. The molecule has 3 rings (SSSR count). The zero-order chi connectivity index (χ0) is 18.2. The predicted molar refractivity (Wildman–Crippen MR) is 97.9 cm³/mol. The molecule has 1 amide bonds. The van der Waals surface area contributed by atoms with Crippen molar-refractivity contribution < 1.29 is 14.3 Å². The van der Waals surface area contributed by atoms with Crippen molar-refractivity contribution >= 4 is 17.7 Å². The highest BCUT2D eigenvalue weighted by molar-refractivity contribution is 7.99. The van der Waals surface area contributed by atoms with Gasteiger partial charge in [-0.2, -0.15) is 0 Å². The number of carbonyl (C=O) groups is 1. The molecule has 0 saturated carbocycles. The normalized spacial score (nSPS) is 14.6. The number of amides is 1. The highest BCUT2D eigenvalue weighted by Gasteiger charge is 2.19. The topological polar surface area (TPSA) is 82.4 Å². The van der Waals surface area contributed by atoms with Gasteiger partial charge in [-0.3, -0.25) is 9.78 Å². The molecule has 0 N–H and O–H groups in total. The molecule has 1 aliphatic rings. The van der Waals surface area contributed by atoms with Gasteiger partial charge in [-0.1, -0.05) is 11.8 Å². The van der Waals surface area contributed by atoms with Crippen LogP contribution < -0.4 is 0 Å².